The average molecular weight is 350 g/mol. The minimum atomic E-state index is -0.610. The summed E-state index contributed by atoms with van der Waals surface area (Å²) in [6.07, 6.45) is -0.610. The number of carbonyl (C=O) groups excluding carboxylic acids is 1. The van der Waals surface area contributed by atoms with E-state index in [9.17, 15) is 9.90 Å². The Morgan fingerprint density at radius 2 is 1.65 bits per heavy atom. The Morgan fingerprint density at radius 3 is 2.31 bits per heavy atom. The molecule has 0 fully saturated rings. The molecular formula is C21H18O5. The zero-order valence-corrected chi connectivity index (χ0v) is 14.4. The lowest BCUT2D eigenvalue weighted by atomic mass is 9.86. The van der Waals surface area contributed by atoms with Crippen LogP contribution in [0.2, 0.25) is 0 Å². The number of ether oxygens (including phenoxy) is 3. The normalized spacial score (nSPS) is 18.4. The fourth-order valence-corrected chi connectivity index (χ4v) is 3.63. The molecule has 1 aliphatic rings. The number of hydrogen-bond acceptors (Lipinski definition) is 5. The van der Waals surface area contributed by atoms with Crippen LogP contribution in [0.5, 0.6) is 11.5 Å². The SMILES string of the molecule is COC(=O)c1c2c(c3ccccc3c1O)O[C@@H](OC)[C@H]2c1ccccc1. The van der Waals surface area contributed by atoms with E-state index >= 15 is 0 Å². The summed E-state index contributed by atoms with van der Waals surface area (Å²) in [6.45, 7) is 0. The van der Waals surface area contributed by atoms with Crippen molar-refractivity contribution in [1.29, 1.82) is 0 Å². The maximum absolute atomic E-state index is 12.5. The maximum atomic E-state index is 12.5. The second-order valence-corrected chi connectivity index (χ2v) is 6.11. The van der Waals surface area contributed by atoms with Gasteiger partial charge in [-0.1, -0.05) is 54.6 Å². The summed E-state index contributed by atoms with van der Waals surface area (Å²) in [4.78, 5) is 12.5. The highest BCUT2D eigenvalue weighted by Crippen LogP contribution is 2.51. The van der Waals surface area contributed by atoms with Gasteiger partial charge in [-0.2, -0.15) is 0 Å². The Bertz CT molecular complexity index is 981. The quantitative estimate of drug-likeness (QED) is 0.727. The second-order valence-electron chi connectivity index (χ2n) is 6.11. The number of carbonyl (C=O) groups is 1. The Balaban J connectivity index is 2.09. The smallest absolute Gasteiger partial charge is 0.342 e. The molecule has 3 aromatic carbocycles. The predicted octanol–water partition coefficient (Wildman–Crippen LogP) is 3.83. The maximum Gasteiger partial charge on any atom is 0.342 e. The van der Waals surface area contributed by atoms with Crippen molar-refractivity contribution in [3.05, 3.63) is 71.3 Å². The Kier molecular flexibility index (Phi) is 4.01. The van der Waals surface area contributed by atoms with Gasteiger partial charge in [0.15, 0.2) is 0 Å². The van der Waals surface area contributed by atoms with E-state index in [1.165, 1.54) is 7.11 Å². The third-order valence-electron chi connectivity index (χ3n) is 4.78. The number of fused-ring (bicyclic) bond motifs is 3. The third kappa shape index (κ3) is 2.32. The monoisotopic (exact) mass is 350 g/mol. The van der Waals surface area contributed by atoms with Crippen molar-refractivity contribution in [3.8, 4) is 11.5 Å². The van der Waals surface area contributed by atoms with E-state index in [-0.39, 0.29) is 17.2 Å². The number of phenolic OH excluding ortho intramolecular Hbond substituents is 1. The van der Waals surface area contributed by atoms with E-state index < -0.39 is 12.3 Å². The van der Waals surface area contributed by atoms with Crippen molar-refractivity contribution >= 4 is 16.7 Å². The molecule has 0 bridgehead atoms. The molecule has 2 atom stereocenters. The van der Waals surface area contributed by atoms with Crippen molar-refractivity contribution < 1.29 is 24.1 Å². The van der Waals surface area contributed by atoms with Gasteiger partial charge in [-0.15, -0.1) is 0 Å². The van der Waals surface area contributed by atoms with Gasteiger partial charge in [0.1, 0.15) is 17.1 Å². The molecule has 3 aromatic rings. The molecule has 0 radical (unpaired) electrons. The number of rotatable bonds is 3. The van der Waals surface area contributed by atoms with E-state index in [2.05, 4.69) is 0 Å². The van der Waals surface area contributed by atoms with Gasteiger partial charge in [0.25, 0.3) is 0 Å². The van der Waals surface area contributed by atoms with Crippen LogP contribution in [0.4, 0.5) is 0 Å². The first-order valence-corrected chi connectivity index (χ1v) is 8.27. The van der Waals surface area contributed by atoms with Gasteiger partial charge in [0.2, 0.25) is 6.29 Å². The first kappa shape index (κ1) is 16.4. The van der Waals surface area contributed by atoms with Crippen molar-refractivity contribution in [2.45, 2.75) is 12.2 Å². The number of esters is 1. The van der Waals surface area contributed by atoms with Gasteiger partial charge >= 0.3 is 5.97 Å². The highest BCUT2D eigenvalue weighted by Gasteiger charge is 2.42. The van der Waals surface area contributed by atoms with Gasteiger partial charge in [0, 0.05) is 23.4 Å². The number of phenols is 1. The van der Waals surface area contributed by atoms with Crippen molar-refractivity contribution in [3.63, 3.8) is 0 Å². The second kappa shape index (κ2) is 6.35. The summed E-state index contributed by atoms with van der Waals surface area (Å²) in [5.74, 6) is -0.529. The minimum absolute atomic E-state index is 0.104. The molecule has 0 unspecified atom stereocenters. The largest absolute Gasteiger partial charge is 0.506 e. The Hall–Kier alpha value is -3.05. The molecule has 1 N–H and O–H groups in total. The van der Waals surface area contributed by atoms with Gasteiger partial charge in [-0.05, 0) is 5.56 Å². The molecule has 5 heteroatoms. The molecule has 0 aromatic heterocycles. The summed E-state index contributed by atoms with van der Waals surface area (Å²) >= 11 is 0. The summed E-state index contributed by atoms with van der Waals surface area (Å²) in [7, 11) is 2.86. The highest BCUT2D eigenvalue weighted by molar-refractivity contribution is 6.06. The zero-order chi connectivity index (χ0) is 18.3. The van der Waals surface area contributed by atoms with Crippen LogP contribution in [0.15, 0.2) is 54.6 Å². The van der Waals surface area contributed by atoms with E-state index in [0.29, 0.717) is 16.7 Å². The molecule has 1 aliphatic heterocycles. The molecule has 0 aliphatic carbocycles. The summed E-state index contributed by atoms with van der Waals surface area (Å²) in [5.41, 5.74) is 1.64. The van der Waals surface area contributed by atoms with Crippen molar-refractivity contribution in [1.82, 2.24) is 0 Å². The molecule has 5 nitrogen and oxygen atoms in total. The average Bonchev–Trinajstić information content (AvgIpc) is 3.08. The number of methoxy groups -OCH3 is 2. The Morgan fingerprint density at radius 1 is 1.00 bits per heavy atom. The zero-order valence-electron chi connectivity index (χ0n) is 14.4. The van der Waals surface area contributed by atoms with Crippen LogP contribution in [0, 0.1) is 0 Å². The van der Waals surface area contributed by atoms with Crippen molar-refractivity contribution in [2.75, 3.05) is 14.2 Å². The van der Waals surface area contributed by atoms with Crippen molar-refractivity contribution in [2.24, 2.45) is 0 Å². The standard InChI is InChI=1S/C21H18O5/c1-24-20(23)17-16-15(12-8-4-3-5-9-12)21(25-2)26-19(16)14-11-7-6-10-13(14)18(17)22/h3-11,15,21-22H,1-2H3/t15-,21+/m0/s1. The van der Waals surface area contributed by atoms with Crippen LogP contribution in [0.3, 0.4) is 0 Å². The molecule has 0 spiro atoms. The van der Waals surface area contributed by atoms with Crippen LogP contribution in [-0.2, 0) is 9.47 Å². The molecule has 0 saturated heterocycles. The number of hydrogen-bond donors (Lipinski definition) is 1. The van der Waals surface area contributed by atoms with Crippen LogP contribution in [0.1, 0.15) is 27.4 Å². The van der Waals surface area contributed by atoms with E-state index in [0.717, 1.165) is 10.9 Å². The van der Waals surface area contributed by atoms with Gasteiger partial charge < -0.3 is 19.3 Å². The molecule has 26 heavy (non-hydrogen) atoms. The van der Waals surface area contributed by atoms with Gasteiger partial charge in [-0.25, -0.2) is 4.79 Å². The molecule has 0 amide bonds. The lowest BCUT2D eigenvalue weighted by molar-refractivity contribution is -0.0464. The molecular weight excluding hydrogens is 332 g/mol. The fourth-order valence-electron chi connectivity index (χ4n) is 3.63. The summed E-state index contributed by atoms with van der Waals surface area (Å²) in [6, 6.07) is 16.9. The molecule has 4 rings (SSSR count). The van der Waals surface area contributed by atoms with E-state index in [4.69, 9.17) is 14.2 Å². The molecule has 132 valence electrons. The number of benzene rings is 3. The lowest BCUT2D eigenvalue weighted by Crippen LogP contribution is -2.22. The highest BCUT2D eigenvalue weighted by atomic mass is 16.7. The van der Waals surface area contributed by atoms with Gasteiger partial charge in [-0.3, -0.25) is 0 Å². The Labute approximate surface area is 150 Å². The van der Waals surface area contributed by atoms with Crippen LogP contribution in [0.25, 0.3) is 10.8 Å². The van der Waals surface area contributed by atoms with E-state index in [1.54, 1.807) is 19.2 Å². The first-order valence-electron chi connectivity index (χ1n) is 8.27. The topological polar surface area (TPSA) is 65.0 Å². The minimum Gasteiger partial charge on any atom is -0.506 e. The van der Waals surface area contributed by atoms with Crippen LogP contribution >= 0.6 is 0 Å². The van der Waals surface area contributed by atoms with Gasteiger partial charge in [0.05, 0.1) is 13.0 Å². The molecule has 0 saturated carbocycles. The van der Waals surface area contributed by atoms with Crippen LogP contribution < -0.4 is 4.74 Å². The first-order chi connectivity index (χ1) is 12.7. The summed E-state index contributed by atoms with van der Waals surface area (Å²) < 4.78 is 16.6. The lowest BCUT2D eigenvalue weighted by Gasteiger charge is -2.19. The van der Waals surface area contributed by atoms with Crippen LogP contribution in [-0.4, -0.2) is 31.6 Å². The third-order valence-corrected chi connectivity index (χ3v) is 4.78. The summed E-state index contributed by atoms with van der Waals surface area (Å²) in [5, 5.41) is 12.1. The number of aromatic hydroxyl groups is 1. The molecule has 1 heterocycles. The fraction of sp³-hybridized carbons (Fsp3) is 0.190. The van der Waals surface area contributed by atoms with E-state index in [1.807, 2.05) is 42.5 Å². The predicted molar refractivity (Wildman–Crippen MR) is 96.7 cm³/mol.